The second-order valence-electron chi connectivity index (χ2n) is 5.88. The molecule has 1 aliphatic rings. The van der Waals surface area contributed by atoms with Gasteiger partial charge in [0.1, 0.15) is 12.2 Å². The Morgan fingerprint density at radius 2 is 2.04 bits per heavy atom. The average Bonchev–Trinajstić information content (AvgIpc) is 2.50. The fraction of sp³-hybridized carbons (Fsp3) is 0.389. The fourth-order valence-electron chi connectivity index (χ4n) is 2.62. The van der Waals surface area contributed by atoms with Crippen molar-refractivity contribution in [3.63, 3.8) is 0 Å². The number of nitrogens with one attached hydrogen (secondary N) is 1. The molecule has 0 spiro atoms. The molecule has 1 heterocycles. The van der Waals surface area contributed by atoms with E-state index >= 15 is 0 Å². The van der Waals surface area contributed by atoms with Crippen molar-refractivity contribution in [1.82, 2.24) is 0 Å². The van der Waals surface area contributed by atoms with Gasteiger partial charge in [-0.3, -0.25) is 10.1 Å². The second-order valence-corrected chi connectivity index (χ2v) is 5.88. The van der Waals surface area contributed by atoms with Gasteiger partial charge in [0.05, 0.1) is 12.5 Å². The molecule has 1 N–H and O–H groups in total. The van der Waals surface area contributed by atoms with E-state index in [0.29, 0.717) is 22.2 Å². The molecule has 2 aromatic rings. The minimum atomic E-state index is -0.588. The Balaban J connectivity index is 1.80. The van der Waals surface area contributed by atoms with Gasteiger partial charge < -0.3 is 13.9 Å². The highest BCUT2D eigenvalue weighted by Gasteiger charge is 2.26. The number of carbonyl (C=O) groups is 2. The van der Waals surface area contributed by atoms with Gasteiger partial charge in [0.2, 0.25) is 0 Å². The molecule has 1 saturated carbocycles. The Labute approximate surface area is 143 Å². The summed E-state index contributed by atoms with van der Waals surface area (Å²) in [5, 5.41) is 3.19. The van der Waals surface area contributed by atoms with Crippen LogP contribution in [0.1, 0.15) is 31.7 Å². The molecule has 1 aromatic heterocycles. The summed E-state index contributed by atoms with van der Waals surface area (Å²) in [5.74, 6) is -0.250. The van der Waals surface area contributed by atoms with Crippen LogP contribution < -0.4 is 10.9 Å². The van der Waals surface area contributed by atoms with Crippen LogP contribution in [0.2, 0.25) is 0 Å². The van der Waals surface area contributed by atoms with E-state index in [4.69, 9.17) is 13.9 Å². The molecule has 0 unspecified atom stereocenters. The summed E-state index contributed by atoms with van der Waals surface area (Å²) in [7, 11) is 0. The number of benzene rings is 1. The first-order chi connectivity index (χ1) is 12.1. The van der Waals surface area contributed by atoms with Crippen molar-refractivity contribution in [2.24, 2.45) is 5.92 Å². The van der Waals surface area contributed by atoms with Crippen LogP contribution in [0, 0.1) is 5.92 Å². The molecule has 1 aliphatic carbocycles. The average molecular weight is 345 g/mol. The summed E-state index contributed by atoms with van der Waals surface area (Å²) in [6.07, 6.45) is 2.18. The third-order valence-corrected chi connectivity index (χ3v) is 4.16. The van der Waals surface area contributed by atoms with Gasteiger partial charge in [-0.1, -0.05) is 6.42 Å². The zero-order chi connectivity index (χ0) is 17.8. The zero-order valence-electron chi connectivity index (χ0n) is 13.9. The first kappa shape index (κ1) is 17.0. The topological polar surface area (TPSA) is 94.8 Å². The fourth-order valence-corrected chi connectivity index (χ4v) is 2.62. The zero-order valence-corrected chi connectivity index (χ0v) is 13.9. The first-order valence-corrected chi connectivity index (χ1v) is 8.24. The van der Waals surface area contributed by atoms with Gasteiger partial charge >= 0.3 is 17.7 Å². The minimum absolute atomic E-state index is 0.0160. The maximum atomic E-state index is 11.9. The summed E-state index contributed by atoms with van der Waals surface area (Å²) >= 11 is 0. The highest BCUT2D eigenvalue weighted by atomic mass is 16.5. The number of hydrogen-bond donors (Lipinski definition) is 1. The van der Waals surface area contributed by atoms with Gasteiger partial charge in [0, 0.05) is 28.8 Å². The smallest absolute Gasteiger partial charge is 0.411 e. The van der Waals surface area contributed by atoms with Crippen molar-refractivity contribution >= 4 is 28.7 Å². The molecule has 1 amide bonds. The van der Waals surface area contributed by atoms with E-state index in [1.165, 1.54) is 12.1 Å². The summed E-state index contributed by atoms with van der Waals surface area (Å²) in [6.45, 7) is 1.98. The number of anilines is 1. The third-order valence-electron chi connectivity index (χ3n) is 4.16. The summed E-state index contributed by atoms with van der Waals surface area (Å²) in [4.78, 5) is 35.1. The number of fused-ring (bicyclic) bond motifs is 1. The Kier molecular flexibility index (Phi) is 5.02. The number of esters is 1. The van der Waals surface area contributed by atoms with Crippen LogP contribution in [0.25, 0.3) is 11.0 Å². The van der Waals surface area contributed by atoms with Crippen LogP contribution in [-0.2, 0) is 20.9 Å². The Bertz CT molecular complexity index is 852. The summed E-state index contributed by atoms with van der Waals surface area (Å²) in [6, 6.07) is 6.21. The lowest BCUT2D eigenvalue weighted by atomic mass is 9.86. The van der Waals surface area contributed by atoms with Crippen LogP contribution in [0.5, 0.6) is 0 Å². The van der Waals surface area contributed by atoms with Crippen molar-refractivity contribution in [1.29, 1.82) is 0 Å². The first-order valence-electron chi connectivity index (χ1n) is 8.24. The van der Waals surface area contributed by atoms with Crippen LogP contribution in [0.15, 0.2) is 33.5 Å². The highest BCUT2D eigenvalue weighted by Crippen LogP contribution is 2.28. The van der Waals surface area contributed by atoms with Crippen LogP contribution in [-0.4, -0.2) is 18.7 Å². The predicted octanol–water partition coefficient (Wildman–Crippen LogP) is 3.20. The van der Waals surface area contributed by atoms with Gasteiger partial charge in [-0.2, -0.15) is 0 Å². The van der Waals surface area contributed by atoms with Crippen molar-refractivity contribution in [2.45, 2.75) is 32.8 Å². The molecule has 1 fully saturated rings. The van der Waals surface area contributed by atoms with Gasteiger partial charge in [-0.25, -0.2) is 9.59 Å². The van der Waals surface area contributed by atoms with E-state index in [-0.39, 0.29) is 25.1 Å². The van der Waals surface area contributed by atoms with E-state index in [2.05, 4.69) is 5.32 Å². The lowest BCUT2D eigenvalue weighted by Gasteiger charge is -2.23. The maximum absolute atomic E-state index is 11.9. The normalized spacial score (nSPS) is 14.0. The summed E-state index contributed by atoms with van der Waals surface area (Å²) in [5.41, 5.74) is 0.770. The lowest BCUT2D eigenvalue weighted by Crippen LogP contribution is -2.24. The molecule has 0 saturated heterocycles. The minimum Gasteiger partial charge on any atom is -0.461 e. The molecule has 3 rings (SSSR count). The van der Waals surface area contributed by atoms with Gasteiger partial charge in [0.25, 0.3) is 0 Å². The molecule has 132 valence electrons. The van der Waals surface area contributed by atoms with E-state index < -0.39 is 11.7 Å². The monoisotopic (exact) mass is 345 g/mol. The van der Waals surface area contributed by atoms with Crippen molar-refractivity contribution < 1.29 is 23.5 Å². The quantitative estimate of drug-likeness (QED) is 0.660. The molecular formula is C18H19NO6. The van der Waals surface area contributed by atoms with Crippen LogP contribution in [0.4, 0.5) is 10.5 Å². The Morgan fingerprint density at radius 3 is 2.72 bits per heavy atom. The van der Waals surface area contributed by atoms with E-state index in [9.17, 15) is 14.4 Å². The van der Waals surface area contributed by atoms with Gasteiger partial charge in [-0.05, 0) is 31.9 Å². The van der Waals surface area contributed by atoms with E-state index in [1.54, 1.807) is 19.1 Å². The van der Waals surface area contributed by atoms with Gasteiger partial charge in [-0.15, -0.1) is 0 Å². The lowest BCUT2D eigenvalue weighted by molar-refractivity contribution is -0.152. The molecule has 7 nitrogen and oxygen atoms in total. The largest absolute Gasteiger partial charge is 0.461 e. The molecule has 25 heavy (non-hydrogen) atoms. The van der Waals surface area contributed by atoms with Crippen LogP contribution in [0.3, 0.4) is 0 Å². The van der Waals surface area contributed by atoms with Gasteiger partial charge in [0.15, 0.2) is 0 Å². The third kappa shape index (κ3) is 3.99. The van der Waals surface area contributed by atoms with Crippen molar-refractivity contribution in [2.75, 3.05) is 11.9 Å². The van der Waals surface area contributed by atoms with Crippen molar-refractivity contribution in [3.05, 3.63) is 40.2 Å². The van der Waals surface area contributed by atoms with Crippen LogP contribution >= 0.6 is 0 Å². The molecule has 0 atom stereocenters. The molecule has 0 bridgehead atoms. The standard InChI is InChI=1S/C18H19NO6/c1-2-23-18(22)19-13-6-7-14-12(8-16(20)25-15(14)9-13)10-24-17(21)11-4-3-5-11/h6-9,11H,2-5,10H2,1H3,(H,19,22). The molecule has 1 aromatic carbocycles. The van der Waals surface area contributed by atoms with E-state index in [1.807, 2.05) is 0 Å². The Hall–Kier alpha value is -2.83. The predicted molar refractivity (Wildman–Crippen MR) is 90.3 cm³/mol. The number of amides is 1. The molecule has 7 heteroatoms. The second kappa shape index (κ2) is 7.38. The molecule has 0 radical (unpaired) electrons. The number of rotatable bonds is 5. The number of ether oxygens (including phenoxy) is 2. The highest BCUT2D eigenvalue weighted by molar-refractivity contribution is 5.90. The van der Waals surface area contributed by atoms with Crippen molar-refractivity contribution in [3.8, 4) is 0 Å². The number of carbonyl (C=O) groups excluding carboxylic acids is 2. The molecular weight excluding hydrogens is 326 g/mol. The van der Waals surface area contributed by atoms with E-state index in [0.717, 1.165) is 19.3 Å². The SMILES string of the molecule is CCOC(=O)Nc1ccc2c(COC(=O)C3CCC3)cc(=O)oc2c1. The summed E-state index contributed by atoms with van der Waals surface area (Å²) < 4.78 is 15.3. The number of hydrogen-bond acceptors (Lipinski definition) is 6. The Morgan fingerprint density at radius 1 is 1.24 bits per heavy atom. The molecule has 0 aliphatic heterocycles. The maximum Gasteiger partial charge on any atom is 0.411 e.